The summed E-state index contributed by atoms with van der Waals surface area (Å²) in [6.45, 7) is 0.830. The van der Waals surface area contributed by atoms with Crippen LogP contribution in [-0.4, -0.2) is 12.0 Å². The third kappa shape index (κ3) is 2.75. The molecule has 0 fully saturated rings. The van der Waals surface area contributed by atoms with E-state index in [1.54, 1.807) is 11.3 Å². The SMILES string of the molecule is CNCc1cccc(Oc2nc3ccccc3s2)c1. The Morgan fingerprint density at radius 2 is 2.05 bits per heavy atom. The van der Waals surface area contributed by atoms with E-state index in [9.17, 15) is 0 Å². The number of hydrogen-bond acceptors (Lipinski definition) is 4. The van der Waals surface area contributed by atoms with Crippen molar-refractivity contribution in [3.63, 3.8) is 0 Å². The third-order valence-electron chi connectivity index (χ3n) is 2.76. The van der Waals surface area contributed by atoms with E-state index in [0.717, 1.165) is 22.5 Å². The van der Waals surface area contributed by atoms with Gasteiger partial charge in [-0.2, -0.15) is 0 Å². The molecule has 3 rings (SSSR count). The summed E-state index contributed by atoms with van der Waals surface area (Å²) in [6, 6.07) is 16.1. The first-order chi connectivity index (χ1) is 9.35. The summed E-state index contributed by atoms with van der Waals surface area (Å²) in [5, 5.41) is 3.81. The lowest BCUT2D eigenvalue weighted by atomic mass is 10.2. The summed E-state index contributed by atoms with van der Waals surface area (Å²) in [5.74, 6) is 0.826. The van der Waals surface area contributed by atoms with Crippen molar-refractivity contribution in [3.05, 3.63) is 54.1 Å². The van der Waals surface area contributed by atoms with Gasteiger partial charge in [-0.15, -0.1) is 0 Å². The number of ether oxygens (including phenoxy) is 1. The fraction of sp³-hybridized carbons (Fsp3) is 0.133. The maximum atomic E-state index is 5.83. The quantitative estimate of drug-likeness (QED) is 0.783. The molecule has 3 aromatic rings. The van der Waals surface area contributed by atoms with Gasteiger partial charge in [-0.05, 0) is 36.9 Å². The number of thiazole rings is 1. The van der Waals surface area contributed by atoms with Gasteiger partial charge in [0.2, 0.25) is 0 Å². The summed E-state index contributed by atoms with van der Waals surface area (Å²) in [4.78, 5) is 4.46. The second kappa shape index (κ2) is 5.38. The second-order valence-electron chi connectivity index (χ2n) is 4.23. The van der Waals surface area contributed by atoms with E-state index in [2.05, 4.69) is 22.4 Å². The van der Waals surface area contributed by atoms with Gasteiger partial charge < -0.3 is 10.1 Å². The van der Waals surface area contributed by atoms with Crippen LogP contribution in [-0.2, 0) is 6.54 Å². The lowest BCUT2D eigenvalue weighted by molar-refractivity contribution is 0.479. The van der Waals surface area contributed by atoms with E-state index in [4.69, 9.17) is 4.74 Å². The van der Waals surface area contributed by atoms with Crippen molar-refractivity contribution in [2.24, 2.45) is 0 Å². The molecule has 1 N–H and O–H groups in total. The van der Waals surface area contributed by atoms with Crippen molar-refractivity contribution >= 4 is 21.6 Å². The number of hydrogen-bond donors (Lipinski definition) is 1. The fourth-order valence-corrected chi connectivity index (χ4v) is 2.75. The summed E-state index contributed by atoms with van der Waals surface area (Å²) in [6.07, 6.45) is 0. The summed E-state index contributed by atoms with van der Waals surface area (Å²) < 4.78 is 6.97. The normalized spacial score (nSPS) is 10.8. The summed E-state index contributed by atoms with van der Waals surface area (Å²) >= 11 is 1.56. The fourth-order valence-electron chi connectivity index (χ4n) is 1.92. The number of fused-ring (bicyclic) bond motifs is 1. The molecule has 0 atom stereocenters. The monoisotopic (exact) mass is 270 g/mol. The molecule has 2 aromatic carbocycles. The van der Waals surface area contributed by atoms with Gasteiger partial charge >= 0.3 is 0 Å². The van der Waals surface area contributed by atoms with Crippen LogP contribution in [0.5, 0.6) is 10.9 Å². The molecule has 1 heterocycles. The first-order valence-electron chi connectivity index (χ1n) is 6.12. The molecule has 0 radical (unpaired) electrons. The van der Waals surface area contributed by atoms with Gasteiger partial charge in [-0.3, -0.25) is 0 Å². The van der Waals surface area contributed by atoms with Gasteiger partial charge in [0.05, 0.1) is 10.2 Å². The minimum absolute atomic E-state index is 0.683. The Hall–Kier alpha value is -1.91. The molecular weight excluding hydrogens is 256 g/mol. The number of nitrogens with one attached hydrogen (secondary N) is 1. The van der Waals surface area contributed by atoms with E-state index < -0.39 is 0 Å². The molecule has 96 valence electrons. The minimum Gasteiger partial charge on any atom is -0.431 e. The zero-order valence-electron chi connectivity index (χ0n) is 10.6. The van der Waals surface area contributed by atoms with Crippen LogP contribution in [0.1, 0.15) is 5.56 Å². The molecule has 0 amide bonds. The van der Waals surface area contributed by atoms with Gasteiger partial charge in [-0.1, -0.05) is 35.6 Å². The number of benzene rings is 2. The van der Waals surface area contributed by atoms with Crippen LogP contribution in [0.3, 0.4) is 0 Å². The Bertz CT molecular complexity index is 660. The van der Waals surface area contributed by atoms with Crippen molar-refractivity contribution < 1.29 is 4.74 Å². The zero-order valence-corrected chi connectivity index (χ0v) is 11.4. The largest absolute Gasteiger partial charge is 0.431 e. The molecule has 0 aliphatic rings. The Kier molecular flexibility index (Phi) is 3.44. The highest BCUT2D eigenvalue weighted by Crippen LogP contribution is 2.31. The molecule has 0 saturated heterocycles. The zero-order chi connectivity index (χ0) is 13.1. The Balaban J connectivity index is 1.85. The highest BCUT2D eigenvalue weighted by molar-refractivity contribution is 7.20. The molecule has 0 bridgehead atoms. The summed E-state index contributed by atoms with van der Waals surface area (Å²) in [5.41, 5.74) is 2.18. The minimum atomic E-state index is 0.683. The molecule has 19 heavy (non-hydrogen) atoms. The summed E-state index contributed by atoms with van der Waals surface area (Å²) in [7, 11) is 1.93. The van der Waals surface area contributed by atoms with Crippen molar-refractivity contribution in [3.8, 4) is 10.9 Å². The van der Waals surface area contributed by atoms with Crippen LogP contribution in [0.2, 0.25) is 0 Å². The smallest absolute Gasteiger partial charge is 0.279 e. The molecular formula is C15H14N2OS. The highest BCUT2D eigenvalue weighted by Gasteiger charge is 2.05. The predicted octanol–water partition coefficient (Wildman–Crippen LogP) is 3.81. The average molecular weight is 270 g/mol. The lowest BCUT2D eigenvalue weighted by Crippen LogP contribution is -2.04. The maximum Gasteiger partial charge on any atom is 0.279 e. The first-order valence-corrected chi connectivity index (χ1v) is 6.94. The topological polar surface area (TPSA) is 34.1 Å². The van der Waals surface area contributed by atoms with E-state index >= 15 is 0 Å². The molecule has 0 aliphatic heterocycles. The Morgan fingerprint density at radius 1 is 1.16 bits per heavy atom. The Labute approximate surface area is 115 Å². The molecule has 3 nitrogen and oxygen atoms in total. The number of nitrogens with zero attached hydrogens (tertiary/aromatic N) is 1. The first kappa shape index (κ1) is 12.1. The second-order valence-corrected chi connectivity index (χ2v) is 5.22. The highest BCUT2D eigenvalue weighted by atomic mass is 32.1. The Morgan fingerprint density at radius 3 is 2.89 bits per heavy atom. The van der Waals surface area contributed by atoms with Gasteiger partial charge in [0.25, 0.3) is 5.19 Å². The number of rotatable bonds is 4. The maximum absolute atomic E-state index is 5.83. The van der Waals surface area contributed by atoms with E-state index in [1.165, 1.54) is 5.56 Å². The van der Waals surface area contributed by atoms with Crippen LogP contribution in [0.15, 0.2) is 48.5 Å². The molecule has 0 unspecified atom stereocenters. The van der Waals surface area contributed by atoms with Crippen LogP contribution >= 0.6 is 11.3 Å². The molecule has 0 spiro atoms. The molecule has 1 aromatic heterocycles. The third-order valence-corrected chi connectivity index (χ3v) is 3.67. The van der Waals surface area contributed by atoms with Crippen molar-refractivity contribution in [2.75, 3.05) is 7.05 Å². The van der Waals surface area contributed by atoms with Crippen LogP contribution in [0.4, 0.5) is 0 Å². The molecule has 0 saturated carbocycles. The van der Waals surface area contributed by atoms with Gasteiger partial charge in [0.15, 0.2) is 0 Å². The van der Waals surface area contributed by atoms with Gasteiger partial charge in [-0.25, -0.2) is 4.98 Å². The standard InChI is InChI=1S/C15H14N2OS/c1-16-10-11-5-4-6-12(9-11)18-15-17-13-7-2-3-8-14(13)19-15/h2-9,16H,10H2,1H3. The molecule has 0 aliphatic carbocycles. The van der Waals surface area contributed by atoms with Crippen molar-refractivity contribution in [2.45, 2.75) is 6.54 Å². The van der Waals surface area contributed by atoms with Crippen LogP contribution < -0.4 is 10.1 Å². The van der Waals surface area contributed by atoms with E-state index in [-0.39, 0.29) is 0 Å². The van der Waals surface area contributed by atoms with Gasteiger partial charge in [0.1, 0.15) is 5.75 Å². The predicted molar refractivity (Wildman–Crippen MR) is 78.9 cm³/mol. The van der Waals surface area contributed by atoms with Crippen molar-refractivity contribution in [1.29, 1.82) is 0 Å². The molecule has 4 heteroatoms. The van der Waals surface area contributed by atoms with Crippen LogP contribution in [0.25, 0.3) is 10.2 Å². The van der Waals surface area contributed by atoms with E-state index in [1.807, 2.05) is 43.4 Å². The average Bonchev–Trinajstić information content (AvgIpc) is 2.81. The van der Waals surface area contributed by atoms with E-state index in [0.29, 0.717) is 5.19 Å². The van der Waals surface area contributed by atoms with Gasteiger partial charge in [0, 0.05) is 6.54 Å². The number of aromatic nitrogens is 1. The number of para-hydroxylation sites is 1. The van der Waals surface area contributed by atoms with Crippen LogP contribution in [0, 0.1) is 0 Å². The van der Waals surface area contributed by atoms with Crippen molar-refractivity contribution in [1.82, 2.24) is 10.3 Å². The lowest BCUT2D eigenvalue weighted by Gasteiger charge is -2.04.